The van der Waals surface area contributed by atoms with Gasteiger partial charge in [-0.2, -0.15) is 0 Å². The SMILES string of the molecule is COc1ccc(C(=O)N(C)c2cc(Br)ccn2)cc1F. The minimum absolute atomic E-state index is 0.102. The second kappa shape index (κ2) is 6.00. The molecule has 1 aromatic heterocycles. The smallest absolute Gasteiger partial charge is 0.259 e. The minimum atomic E-state index is -0.575. The van der Waals surface area contributed by atoms with Crippen LogP contribution >= 0.6 is 15.9 Å². The third kappa shape index (κ3) is 2.96. The summed E-state index contributed by atoms with van der Waals surface area (Å²) in [5.41, 5.74) is 0.229. The van der Waals surface area contributed by atoms with E-state index in [1.54, 1.807) is 25.4 Å². The van der Waals surface area contributed by atoms with E-state index >= 15 is 0 Å². The first-order chi connectivity index (χ1) is 9.52. The molecule has 6 heteroatoms. The Morgan fingerprint density at radius 1 is 1.35 bits per heavy atom. The Morgan fingerprint density at radius 3 is 2.70 bits per heavy atom. The van der Waals surface area contributed by atoms with Gasteiger partial charge in [-0.3, -0.25) is 9.69 Å². The van der Waals surface area contributed by atoms with E-state index in [0.717, 1.165) is 10.5 Å². The molecule has 0 aliphatic heterocycles. The number of hydrogen-bond acceptors (Lipinski definition) is 3. The van der Waals surface area contributed by atoms with Crippen LogP contribution in [0.5, 0.6) is 5.75 Å². The maximum Gasteiger partial charge on any atom is 0.259 e. The van der Waals surface area contributed by atoms with Crippen LogP contribution in [0.2, 0.25) is 0 Å². The van der Waals surface area contributed by atoms with Crippen LogP contribution in [0.4, 0.5) is 10.2 Å². The monoisotopic (exact) mass is 338 g/mol. The molecule has 4 nitrogen and oxygen atoms in total. The van der Waals surface area contributed by atoms with Gasteiger partial charge in [0.15, 0.2) is 11.6 Å². The topological polar surface area (TPSA) is 42.4 Å². The summed E-state index contributed by atoms with van der Waals surface area (Å²) in [5, 5.41) is 0. The van der Waals surface area contributed by atoms with Crippen molar-refractivity contribution in [3.8, 4) is 5.75 Å². The summed E-state index contributed by atoms with van der Waals surface area (Å²) in [5.74, 6) is -0.350. The normalized spacial score (nSPS) is 10.2. The highest BCUT2D eigenvalue weighted by molar-refractivity contribution is 9.10. The van der Waals surface area contributed by atoms with Gasteiger partial charge in [-0.15, -0.1) is 0 Å². The van der Waals surface area contributed by atoms with Crippen molar-refractivity contribution in [2.75, 3.05) is 19.1 Å². The summed E-state index contributed by atoms with van der Waals surface area (Å²) >= 11 is 3.31. The van der Waals surface area contributed by atoms with Gasteiger partial charge in [0.1, 0.15) is 5.82 Å². The van der Waals surface area contributed by atoms with Crippen LogP contribution in [-0.4, -0.2) is 25.0 Å². The Hall–Kier alpha value is -1.95. The lowest BCUT2D eigenvalue weighted by molar-refractivity contribution is 0.0992. The van der Waals surface area contributed by atoms with Gasteiger partial charge < -0.3 is 4.74 Å². The van der Waals surface area contributed by atoms with E-state index in [-0.39, 0.29) is 17.2 Å². The molecule has 0 bridgehead atoms. The van der Waals surface area contributed by atoms with Gasteiger partial charge in [-0.25, -0.2) is 9.37 Å². The van der Waals surface area contributed by atoms with Crippen molar-refractivity contribution in [3.05, 3.63) is 52.4 Å². The number of hydrogen-bond donors (Lipinski definition) is 0. The average molecular weight is 339 g/mol. The molecule has 2 aromatic rings. The zero-order valence-electron chi connectivity index (χ0n) is 10.9. The predicted molar refractivity (Wildman–Crippen MR) is 77.6 cm³/mol. The van der Waals surface area contributed by atoms with Gasteiger partial charge in [-0.1, -0.05) is 15.9 Å². The van der Waals surface area contributed by atoms with E-state index in [2.05, 4.69) is 20.9 Å². The number of carbonyl (C=O) groups excluding carboxylic acids is 1. The Morgan fingerprint density at radius 2 is 2.10 bits per heavy atom. The van der Waals surface area contributed by atoms with Gasteiger partial charge in [0.05, 0.1) is 7.11 Å². The van der Waals surface area contributed by atoms with E-state index in [4.69, 9.17) is 4.74 Å². The molecule has 0 aliphatic rings. The van der Waals surface area contributed by atoms with Gasteiger partial charge in [0.25, 0.3) is 5.91 Å². The second-order valence-electron chi connectivity index (χ2n) is 4.05. The highest BCUT2D eigenvalue weighted by Crippen LogP contribution is 2.21. The molecule has 2 rings (SSSR count). The van der Waals surface area contributed by atoms with Gasteiger partial charge in [0.2, 0.25) is 0 Å². The number of anilines is 1. The predicted octanol–water partition coefficient (Wildman–Crippen LogP) is 3.27. The molecule has 1 heterocycles. The number of halogens is 2. The van der Waals surface area contributed by atoms with E-state index in [1.165, 1.54) is 24.1 Å². The summed E-state index contributed by atoms with van der Waals surface area (Å²) in [7, 11) is 2.96. The van der Waals surface area contributed by atoms with Crippen molar-refractivity contribution in [2.45, 2.75) is 0 Å². The van der Waals surface area contributed by atoms with Crippen LogP contribution in [0.1, 0.15) is 10.4 Å². The molecule has 104 valence electrons. The molecule has 0 spiro atoms. The van der Waals surface area contributed by atoms with Crippen molar-refractivity contribution < 1.29 is 13.9 Å². The molecule has 0 saturated carbocycles. The first kappa shape index (κ1) is 14.5. The molecule has 1 amide bonds. The fourth-order valence-corrected chi connectivity index (χ4v) is 2.00. The number of nitrogens with zero attached hydrogens (tertiary/aromatic N) is 2. The zero-order valence-corrected chi connectivity index (χ0v) is 12.5. The summed E-state index contributed by atoms with van der Waals surface area (Å²) in [6.45, 7) is 0. The maximum absolute atomic E-state index is 13.6. The summed E-state index contributed by atoms with van der Waals surface area (Å²) in [6, 6.07) is 7.55. The third-order valence-electron chi connectivity index (χ3n) is 2.75. The number of pyridine rings is 1. The molecule has 0 unspecified atom stereocenters. The number of carbonyl (C=O) groups is 1. The van der Waals surface area contributed by atoms with Crippen LogP contribution in [0.15, 0.2) is 41.0 Å². The third-order valence-corrected chi connectivity index (χ3v) is 3.25. The zero-order chi connectivity index (χ0) is 14.7. The lowest BCUT2D eigenvalue weighted by Gasteiger charge is -2.16. The quantitative estimate of drug-likeness (QED) is 0.862. The molecule has 0 radical (unpaired) electrons. The van der Waals surface area contributed by atoms with Gasteiger partial charge in [0, 0.05) is 23.3 Å². The largest absolute Gasteiger partial charge is 0.494 e. The summed E-state index contributed by atoms with van der Waals surface area (Å²) in [6.07, 6.45) is 1.58. The molecule has 0 N–H and O–H groups in total. The lowest BCUT2D eigenvalue weighted by atomic mass is 10.2. The highest BCUT2D eigenvalue weighted by atomic mass is 79.9. The van der Waals surface area contributed by atoms with Crippen LogP contribution in [-0.2, 0) is 0 Å². The first-order valence-electron chi connectivity index (χ1n) is 5.76. The summed E-state index contributed by atoms with van der Waals surface area (Å²) < 4.78 is 19.3. The Bertz CT molecular complexity index is 649. The number of ether oxygens (including phenoxy) is 1. The highest BCUT2D eigenvalue weighted by Gasteiger charge is 2.16. The standard InChI is InChI=1S/C14H12BrFN2O2/c1-18(13-8-10(15)5-6-17-13)14(19)9-3-4-12(20-2)11(16)7-9/h3-8H,1-2H3. The first-order valence-corrected chi connectivity index (χ1v) is 6.55. The van der Waals surface area contributed by atoms with Gasteiger partial charge >= 0.3 is 0 Å². The van der Waals surface area contributed by atoms with E-state index in [1.807, 2.05) is 0 Å². The molecule has 0 fully saturated rings. The average Bonchev–Trinajstić information content (AvgIpc) is 2.45. The fourth-order valence-electron chi connectivity index (χ4n) is 1.67. The van der Waals surface area contributed by atoms with Crippen molar-refractivity contribution >= 4 is 27.7 Å². The van der Waals surface area contributed by atoms with Crippen molar-refractivity contribution in [1.82, 2.24) is 4.98 Å². The van der Waals surface area contributed by atoms with E-state index in [0.29, 0.717) is 5.82 Å². The van der Waals surface area contributed by atoms with E-state index < -0.39 is 5.82 Å². The number of aromatic nitrogens is 1. The molecule has 20 heavy (non-hydrogen) atoms. The number of amides is 1. The maximum atomic E-state index is 13.6. The molecule has 0 atom stereocenters. The van der Waals surface area contributed by atoms with Crippen LogP contribution in [0.25, 0.3) is 0 Å². The minimum Gasteiger partial charge on any atom is -0.494 e. The molecule has 0 aliphatic carbocycles. The lowest BCUT2D eigenvalue weighted by Crippen LogP contribution is -2.27. The Labute approximate surface area is 124 Å². The second-order valence-corrected chi connectivity index (χ2v) is 4.96. The Kier molecular flexibility index (Phi) is 4.34. The number of rotatable bonds is 3. The Balaban J connectivity index is 2.29. The molecule has 1 aromatic carbocycles. The summed E-state index contributed by atoms with van der Waals surface area (Å²) in [4.78, 5) is 17.7. The van der Waals surface area contributed by atoms with Crippen molar-refractivity contribution in [1.29, 1.82) is 0 Å². The molecular formula is C14H12BrFN2O2. The van der Waals surface area contributed by atoms with Crippen LogP contribution in [0, 0.1) is 5.82 Å². The fraction of sp³-hybridized carbons (Fsp3) is 0.143. The van der Waals surface area contributed by atoms with Crippen LogP contribution in [0.3, 0.4) is 0 Å². The van der Waals surface area contributed by atoms with Crippen LogP contribution < -0.4 is 9.64 Å². The van der Waals surface area contributed by atoms with E-state index in [9.17, 15) is 9.18 Å². The number of methoxy groups -OCH3 is 1. The van der Waals surface area contributed by atoms with Crippen molar-refractivity contribution in [2.24, 2.45) is 0 Å². The number of benzene rings is 1. The van der Waals surface area contributed by atoms with Gasteiger partial charge in [-0.05, 0) is 30.3 Å². The molecule has 0 saturated heterocycles. The van der Waals surface area contributed by atoms with Crippen molar-refractivity contribution in [3.63, 3.8) is 0 Å². The molecular weight excluding hydrogens is 327 g/mol.